The van der Waals surface area contributed by atoms with Crippen LogP contribution in [0.3, 0.4) is 0 Å². The summed E-state index contributed by atoms with van der Waals surface area (Å²) in [4.78, 5) is 20.0. The van der Waals surface area contributed by atoms with Crippen LogP contribution in [-0.4, -0.2) is 40.4 Å². The van der Waals surface area contributed by atoms with Gasteiger partial charge in [-0.05, 0) is 25.4 Å². The molecule has 20 heavy (non-hydrogen) atoms. The molecule has 0 aromatic carbocycles. The van der Waals surface area contributed by atoms with E-state index in [0.29, 0.717) is 12.6 Å². The molecule has 0 aliphatic heterocycles. The van der Waals surface area contributed by atoms with Crippen LogP contribution in [0.2, 0.25) is 5.28 Å². The van der Waals surface area contributed by atoms with Gasteiger partial charge in [-0.25, -0.2) is 9.97 Å². The third-order valence-corrected chi connectivity index (χ3v) is 2.74. The van der Waals surface area contributed by atoms with E-state index in [1.54, 1.807) is 14.0 Å². The number of amides is 1. The molecular formula is C11H14ClF3N4O. The van der Waals surface area contributed by atoms with Crippen LogP contribution in [0.15, 0.2) is 6.07 Å². The number of alkyl halides is 3. The summed E-state index contributed by atoms with van der Waals surface area (Å²) in [7, 11) is 1.59. The minimum absolute atomic E-state index is 0.150. The average molecular weight is 311 g/mol. The number of rotatable bonds is 4. The Morgan fingerprint density at radius 3 is 2.60 bits per heavy atom. The molecule has 1 aromatic heterocycles. The van der Waals surface area contributed by atoms with E-state index in [9.17, 15) is 18.0 Å². The summed E-state index contributed by atoms with van der Waals surface area (Å²) in [6.07, 6.45) is -4.63. The summed E-state index contributed by atoms with van der Waals surface area (Å²) >= 11 is 5.45. The van der Waals surface area contributed by atoms with Gasteiger partial charge >= 0.3 is 6.18 Å². The molecule has 0 aliphatic rings. The van der Waals surface area contributed by atoms with Crippen molar-refractivity contribution >= 4 is 23.3 Å². The fourth-order valence-corrected chi connectivity index (χ4v) is 1.59. The van der Waals surface area contributed by atoms with Crippen molar-refractivity contribution in [1.82, 2.24) is 14.9 Å². The Hall–Kier alpha value is -1.57. The van der Waals surface area contributed by atoms with E-state index in [-0.39, 0.29) is 11.7 Å². The fourth-order valence-electron chi connectivity index (χ4n) is 1.41. The van der Waals surface area contributed by atoms with Crippen LogP contribution in [0, 0.1) is 0 Å². The lowest BCUT2D eigenvalue weighted by Gasteiger charge is -2.21. The fraction of sp³-hybridized carbons (Fsp3) is 0.545. The van der Waals surface area contributed by atoms with E-state index < -0.39 is 23.2 Å². The standard InChI is InChI=1S/C11H14ClF3N4O/c1-4-19(3)9(20)6(2)16-8-5-7(11(13,14)15)17-10(12)18-8/h5-6H,4H2,1-3H3,(H,16,17,18). The predicted molar refractivity (Wildman–Crippen MR) is 68.4 cm³/mol. The molecule has 0 radical (unpaired) electrons. The summed E-state index contributed by atoms with van der Waals surface area (Å²) in [6, 6.07) is -0.0197. The predicted octanol–water partition coefficient (Wildman–Crippen LogP) is 2.43. The SMILES string of the molecule is CCN(C)C(=O)C(C)Nc1cc(C(F)(F)F)nc(Cl)n1. The number of aromatic nitrogens is 2. The van der Waals surface area contributed by atoms with E-state index >= 15 is 0 Å². The number of halogens is 4. The van der Waals surface area contributed by atoms with Gasteiger partial charge in [-0.3, -0.25) is 4.79 Å². The first kappa shape index (κ1) is 16.5. The lowest BCUT2D eigenvalue weighted by molar-refractivity contribution is -0.141. The number of carbonyl (C=O) groups excluding carboxylic acids is 1. The van der Waals surface area contributed by atoms with E-state index in [1.165, 1.54) is 11.8 Å². The molecule has 1 unspecified atom stereocenters. The molecule has 1 atom stereocenters. The molecule has 9 heteroatoms. The Kier molecular flexibility index (Phi) is 5.15. The van der Waals surface area contributed by atoms with Crippen molar-refractivity contribution in [3.05, 3.63) is 17.0 Å². The van der Waals surface area contributed by atoms with E-state index in [0.717, 1.165) is 0 Å². The minimum Gasteiger partial charge on any atom is -0.358 e. The van der Waals surface area contributed by atoms with Gasteiger partial charge in [0.2, 0.25) is 11.2 Å². The summed E-state index contributed by atoms with van der Waals surface area (Å²) in [5, 5.41) is 2.05. The highest BCUT2D eigenvalue weighted by Crippen LogP contribution is 2.29. The van der Waals surface area contributed by atoms with Gasteiger partial charge in [0.05, 0.1) is 0 Å². The second-order valence-electron chi connectivity index (χ2n) is 4.12. The molecule has 0 fully saturated rings. The van der Waals surface area contributed by atoms with Crippen molar-refractivity contribution in [2.45, 2.75) is 26.1 Å². The normalized spacial score (nSPS) is 12.9. The second kappa shape index (κ2) is 6.25. The van der Waals surface area contributed by atoms with Crippen LogP contribution < -0.4 is 5.32 Å². The Labute approximate surface area is 119 Å². The zero-order valence-corrected chi connectivity index (χ0v) is 11.9. The van der Waals surface area contributed by atoms with E-state index in [1.807, 2.05) is 0 Å². The molecule has 1 aromatic rings. The van der Waals surface area contributed by atoms with Gasteiger partial charge in [0.15, 0.2) is 5.69 Å². The van der Waals surface area contributed by atoms with Crippen molar-refractivity contribution < 1.29 is 18.0 Å². The first-order valence-electron chi connectivity index (χ1n) is 5.78. The van der Waals surface area contributed by atoms with Crippen LogP contribution in [-0.2, 0) is 11.0 Å². The zero-order chi connectivity index (χ0) is 15.5. The molecule has 1 amide bonds. The molecule has 1 rings (SSSR count). The lowest BCUT2D eigenvalue weighted by Crippen LogP contribution is -2.39. The van der Waals surface area contributed by atoms with E-state index in [2.05, 4.69) is 15.3 Å². The first-order chi connectivity index (χ1) is 9.15. The number of hydrogen-bond donors (Lipinski definition) is 1. The molecule has 0 saturated carbocycles. The van der Waals surface area contributed by atoms with Gasteiger partial charge < -0.3 is 10.2 Å². The van der Waals surface area contributed by atoms with Crippen molar-refractivity contribution in [2.24, 2.45) is 0 Å². The van der Waals surface area contributed by atoms with Crippen molar-refractivity contribution in [2.75, 3.05) is 18.9 Å². The van der Waals surface area contributed by atoms with Gasteiger partial charge in [0.1, 0.15) is 11.9 Å². The minimum atomic E-state index is -4.63. The highest BCUT2D eigenvalue weighted by atomic mass is 35.5. The molecule has 5 nitrogen and oxygen atoms in total. The summed E-state index contributed by atoms with van der Waals surface area (Å²) in [6.45, 7) is 3.80. The average Bonchev–Trinajstić information content (AvgIpc) is 2.35. The van der Waals surface area contributed by atoms with Crippen LogP contribution in [0.5, 0.6) is 0 Å². The highest BCUT2D eigenvalue weighted by molar-refractivity contribution is 6.28. The monoisotopic (exact) mass is 310 g/mol. The van der Waals surface area contributed by atoms with Crippen LogP contribution in [0.1, 0.15) is 19.5 Å². The Morgan fingerprint density at radius 2 is 2.10 bits per heavy atom. The molecule has 0 saturated heterocycles. The maximum atomic E-state index is 12.6. The summed E-state index contributed by atoms with van der Waals surface area (Å²) in [5.74, 6) is -0.418. The van der Waals surface area contributed by atoms with Gasteiger partial charge in [-0.2, -0.15) is 13.2 Å². The van der Waals surface area contributed by atoms with Crippen LogP contribution in [0.4, 0.5) is 19.0 Å². The van der Waals surface area contributed by atoms with Crippen molar-refractivity contribution in [3.8, 4) is 0 Å². The molecule has 1 heterocycles. The number of likely N-dealkylation sites (N-methyl/N-ethyl adjacent to an activating group) is 1. The third kappa shape index (κ3) is 4.22. The van der Waals surface area contributed by atoms with Crippen molar-refractivity contribution in [3.63, 3.8) is 0 Å². The summed E-state index contributed by atoms with van der Waals surface area (Å²) in [5.41, 5.74) is -1.16. The van der Waals surface area contributed by atoms with Gasteiger partial charge in [0, 0.05) is 19.7 Å². The molecule has 0 spiro atoms. The van der Waals surface area contributed by atoms with Gasteiger partial charge in [0.25, 0.3) is 0 Å². The van der Waals surface area contributed by atoms with Crippen LogP contribution >= 0.6 is 11.6 Å². The number of anilines is 1. The number of nitrogens with zero attached hydrogens (tertiary/aromatic N) is 3. The largest absolute Gasteiger partial charge is 0.433 e. The lowest BCUT2D eigenvalue weighted by atomic mass is 10.3. The maximum Gasteiger partial charge on any atom is 0.433 e. The molecule has 1 N–H and O–H groups in total. The molecular weight excluding hydrogens is 297 g/mol. The molecule has 112 valence electrons. The number of hydrogen-bond acceptors (Lipinski definition) is 4. The Morgan fingerprint density at radius 1 is 1.50 bits per heavy atom. The van der Waals surface area contributed by atoms with Gasteiger partial charge in [-0.1, -0.05) is 0 Å². The highest BCUT2D eigenvalue weighted by Gasteiger charge is 2.33. The first-order valence-corrected chi connectivity index (χ1v) is 6.16. The second-order valence-corrected chi connectivity index (χ2v) is 4.46. The van der Waals surface area contributed by atoms with Crippen LogP contribution in [0.25, 0.3) is 0 Å². The topological polar surface area (TPSA) is 58.1 Å². The third-order valence-electron chi connectivity index (χ3n) is 2.57. The van der Waals surface area contributed by atoms with Gasteiger partial charge in [-0.15, -0.1) is 0 Å². The number of nitrogens with one attached hydrogen (secondary N) is 1. The maximum absolute atomic E-state index is 12.6. The Balaban J connectivity index is 2.93. The Bertz CT molecular complexity index is 495. The smallest absolute Gasteiger partial charge is 0.358 e. The quantitative estimate of drug-likeness (QED) is 0.868. The summed E-state index contributed by atoms with van der Waals surface area (Å²) < 4.78 is 37.7. The molecule has 0 bridgehead atoms. The van der Waals surface area contributed by atoms with Crippen molar-refractivity contribution in [1.29, 1.82) is 0 Å². The zero-order valence-electron chi connectivity index (χ0n) is 11.1. The molecule has 0 aliphatic carbocycles. The number of carbonyl (C=O) groups is 1. The van der Waals surface area contributed by atoms with E-state index in [4.69, 9.17) is 11.6 Å².